The van der Waals surface area contributed by atoms with Crippen molar-refractivity contribution in [2.24, 2.45) is 5.92 Å². The largest absolute Gasteiger partial charge is 0.314 e. The summed E-state index contributed by atoms with van der Waals surface area (Å²) in [5.41, 5.74) is 0. The van der Waals surface area contributed by atoms with Gasteiger partial charge in [-0.2, -0.15) is 0 Å². The Bertz CT molecular complexity index is 414. The number of hydrogen-bond donors (Lipinski definition) is 1. The van der Waals surface area contributed by atoms with Gasteiger partial charge in [-0.15, -0.1) is 0 Å². The highest BCUT2D eigenvalue weighted by Gasteiger charge is 2.18. The van der Waals surface area contributed by atoms with Gasteiger partial charge in [0.2, 0.25) is 0 Å². The Morgan fingerprint density at radius 3 is 2.06 bits per heavy atom. The number of sulfone groups is 1. The van der Waals surface area contributed by atoms with Gasteiger partial charge >= 0.3 is 0 Å². The molecule has 0 saturated carbocycles. The fraction of sp³-hybridized carbons (Fsp3) is 0.900. The summed E-state index contributed by atoms with van der Waals surface area (Å²) in [5, 5.41) is 0.590. The fourth-order valence-corrected chi connectivity index (χ4v) is 4.70. The highest BCUT2D eigenvalue weighted by Crippen LogP contribution is 2.06. The van der Waals surface area contributed by atoms with Gasteiger partial charge in [0.25, 0.3) is 0 Å². The summed E-state index contributed by atoms with van der Waals surface area (Å²) in [6.07, 6.45) is 0.521. The molecule has 0 aromatic heterocycles. The molecule has 0 bridgehead atoms. The van der Waals surface area contributed by atoms with Crippen LogP contribution in [0.15, 0.2) is 0 Å². The molecule has 0 aliphatic heterocycles. The van der Waals surface area contributed by atoms with E-state index in [2.05, 4.69) is 0 Å². The quantitative estimate of drug-likeness (QED) is 0.741. The molecular formula is C10H22O4S2. The van der Waals surface area contributed by atoms with Crippen LogP contribution in [-0.2, 0) is 19.6 Å². The van der Waals surface area contributed by atoms with E-state index in [1.165, 1.54) is 0 Å². The topological polar surface area (TPSA) is 71.4 Å². The zero-order chi connectivity index (χ0) is 13.0. The molecule has 2 unspecified atom stereocenters. The Balaban J connectivity index is 4.78. The first kappa shape index (κ1) is 15.9. The van der Waals surface area contributed by atoms with Crippen molar-refractivity contribution in [2.75, 3.05) is 11.5 Å². The molecule has 0 saturated heterocycles. The molecule has 16 heavy (non-hydrogen) atoms. The predicted molar refractivity (Wildman–Crippen MR) is 70.1 cm³/mol. The van der Waals surface area contributed by atoms with E-state index < -0.39 is 24.9 Å². The first-order valence-electron chi connectivity index (χ1n) is 5.40. The summed E-state index contributed by atoms with van der Waals surface area (Å²) in [6, 6.07) is 0. The van der Waals surface area contributed by atoms with Gasteiger partial charge in [-0.05, 0) is 19.3 Å². The van der Waals surface area contributed by atoms with E-state index in [-0.39, 0.29) is 17.4 Å². The molecule has 0 radical (unpaired) electrons. The first-order valence-corrected chi connectivity index (χ1v) is 8.86. The van der Waals surface area contributed by atoms with Crippen LogP contribution >= 0.6 is 0 Å². The summed E-state index contributed by atoms with van der Waals surface area (Å²) in [7, 11) is -6.38. The van der Waals surface area contributed by atoms with Gasteiger partial charge in [0.15, 0.2) is 9.84 Å². The molecule has 0 heterocycles. The highest BCUT2D eigenvalue weighted by molar-refractivity contribution is 7.99. The van der Waals surface area contributed by atoms with Crippen LogP contribution in [0.4, 0.5) is 0 Å². The lowest BCUT2D eigenvalue weighted by Crippen LogP contribution is -2.24. The third-order valence-corrected chi connectivity index (χ3v) is 6.55. The first-order chi connectivity index (χ1) is 7.10. The molecule has 6 heteroatoms. The van der Waals surface area contributed by atoms with Gasteiger partial charge in [-0.1, -0.05) is 20.8 Å². The minimum absolute atomic E-state index is 0.0695. The van der Waals surface area contributed by atoms with Crippen LogP contribution in [-0.4, -0.2) is 39.3 Å². The number of hydrogen-bond acceptors (Lipinski definition) is 3. The molecule has 0 spiro atoms. The minimum atomic E-state index is -3.27. The molecule has 0 aromatic carbocycles. The SMILES string of the molecule is CCC(C)S(=O)(=O)CC=S(=O)(O)CC(C)C. The molecule has 0 amide bonds. The Morgan fingerprint density at radius 2 is 1.69 bits per heavy atom. The van der Waals surface area contributed by atoms with Crippen LogP contribution in [0.3, 0.4) is 0 Å². The summed E-state index contributed by atoms with van der Waals surface area (Å²) < 4.78 is 44.4. The lowest BCUT2D eigenvalue weighted by molar-refractivity contribution is 0.546. The van der Waals surface area contributed by atoms with Crippen LogP contribution in [0.1, 0.15) is 34.1 Å². The lowest BCUT2D eigenvalue weighted by atomic mass is 10.3. The Labute approximate surface area is 99.2 Å². The maximum absolute atomic E-state index is 11.6. The van der Waals surface area contributed by atoms with Gasteiger partial charge < -0.3 is 4.55 Å². The molecule has 4 nitrogen and oxygen atoms in total. The standard InChI is InChI=1S/C10H22O4S2/c1-5-10(4)16(13,14)7-6-15(11,12)8-9(2)3/h6,9-10H,5,7-8H2,1-4H3,(H,11,12). The second-order valence-electron chi connectivity index (χ2n) is 4.47. The van der Waals surface area contributed by atoms with Gasteiger partial charge in [0, 0.05) is 11.1 Å². The van der Waals surface area contributed by atoms with Crippen LogP contribution in [0, 0.1) is 5.92 Å². The summed E-state index contributed by atoms with van der Waals surface area (Å²) in [5.74, 6) is -0.132. The summed E-state index contributed by atoms with van der Waals surface area (Å²) in [4.78, 5) is 0. The van der Waals surface area contributed by atoms with Crippen molar-refractivity contribution in [2.45, 2.75) is 39.4 Å². The Hall–Kier alpha value is -0.0700. The van der Waals surface area contributed by atoms with Crippen molar-refractivity contribution in [3.63, 3.8) is 0 Å². The maximum atomic E-state index is 11.6. The van der Waals surface area contributed by atoms with E-state index in [9.17, 15) is 17.2 Å². The van der Waals surface area contributed by atoms with E-state index in [4.69, 9.17) is 0 Å². The van der Waals surface area contributed by atoms with Crippen LogP contribution < -0.4 is 0 Å². The van der Waals surface area contributed by atoms with Gasteiger partial charge in [0.1, 0.15) is 0 Å². The molecular weight excluding hydrogens is 248 g/mol. The summed E-state index contributed by atoms with van der Waals surface area (Å²) in [6.45, 7) is 7.05. The normalized spacial score (nSPS) is 18.1. The van der Waals surface area contributed by atoms with E-state index in [1.807, 2.05) is 13.8 Å². The van der Waals surface area contributed by atoms with Crippen LogP contribution in [0.2, 0.25) is 0 Å². The van der Waals surface area contributed by atoms with Crippen molar-refractivity contribution >= 4 is 25.0 Å². The molecule has 2 atom stereocenters. The van der Waals surface area contributed by atoms with Crippen LogP contribution in [0.25, 0.3) is 0 Å². The van der Waals surface area contributed by atoms with E-state index in [0.717, 1.165) is 5.37 Å². The van der Waals surface area contributed by atoms with Crippen molar-refractivity contribution in [1.82, 2.24) is 0 Å². The zero-order valence-corrected chi connectivity index (χ0v) is 12.0. The molecule has 1 N–H and O–H groups in total. The zero-order valence-electron chi connectivity index (χ0n) is 10.3. The van der Waals surface area contributed by atoms with Crippen LogP contribution in [0.5, 0.6) is 0 Å². The minimum Gasteiger partial charge on any atom is -0.314 e. The van der Waals surface area contributed by atoms with Crippen molar-refractivity contribution < 1.29 is 17.2 Å². The Morgan fingerprint density at radius 1 is 1.19 bits per heavy atom. The number of rotatable bonds is 6. The van der Waals surface area contributed by atoms with Gasteiger partial charge in [0.05, 0.1) is 20.8 Å². The Kier molecular flexibility index (Phi) is 6.00. The predicted octanol–water partition coefficient (Wildman–Crippen LogP) is 1.42. The molecule has 0 rings (SSSR count). The van der Waals surface area contributed by atoms with Gasteiger partial charge in [-0.25, -0.2) is 12.6 Å². The van der Waals surface area contributed by atoms with E-state index in [1.54, 1.807) is 13.8 Å². The molecule has 98 valence electrons. The third-order valence-electron chi connectivity index (χ3n) is 2.32. The molecule has 0 aromatic rings. The van der Waals surface area contributed by atoms with Crippen molar-refractivity contribution in [3.05, 3.63) is 0 Å². The lowest BCUT2D eigenvalue weighted by Gasteiger charge is -2.10. The third kappa shape index (κ3) is 5.86. The smallest absolute Gasteiger partial charge is 0.157 e. The highest BCUT2D eigenvalue weighted by atomic mass is 32.2. The van der Waals surface area contributed by atoms with Gasteiger partial charge in [-0.3, -0.25) is 0 Å². The van der Waals surface area contributed by atoms with E-state index >= 15 is 0 Å². The molecule has 0 fully saturated rings. The van der Waals surface area contributed by atoms with Crippen molar-refractivity contribution in [3.8, 4) is 0 Å². The average molecular weight is 270 g/mol. The second-order valence-corrected chi connectivity index (χ2v) is 8.98. The second kappa shape index (κ2) is 6.02. The maximum Gasteiger partial charge on any atom is 0.157 e. The fourth-order valence-electron chi connectivity index (χ4n) is 1.17. The average Bonchev–Trinajstić information content (AvgIpc) is 2.12. The van der Waals surface area contributed by atoms with Crippen molar-refractivity contribution in [1.29, 1.82) is 0 Å². The summed E-state index contributed by atoms with van der Waals surface area (Å²) >= 11 is 0. The molecule has 0 aliphatic rings. The monoisotopic (exact) mass is 270 g/mol. The van der Waals surface area contributed by atoms with E-state index in [0.29, 0.717) is 6.42 Å². The molecule has 0 aliphatic carbocycles.